The highest BCUT2D eigenvalue weighted by molar-refractivity contribution is 9.10. The molecule has 0 saturated heterocycles. The third kappa shape index (κ3) is 2.67. The van der Waals surface area contributed by atoms with Gasteiger partial charge in [-0.2, -0.15) is 0 Å². The maximum atomic E-state index is 13.2. The van der Waals surface area contributed by atoms with Crippen LogP contribution in [0.5, 0.6) is 5.75 Å². The average molecular weight is 249 g/mol. The van der Waals surface area contributed by atoms with Crippen LogP contribution in [-0.4, -0.2) is 18.3 Å². The van der Waals surface area contributed by atoms with Gasteiger partial charge in [-0.3, -0.25) is 0 Å². The molecule has 1 N–H and O–H groups in total. The van der Waals surface area contributed by atoms with E-state index in [4.69, 9.17) is 9.84 Å². The summed E-state index contributed by atoms with van der Waals surface area (Å²) in [6, 6.07) is 3.15. The quantitative estimate of drug-likeness (QED) is 0.890. The van der Waals surface area contributed by atoms with Crippen LogP contribution in [0.25, 0.3) is 0 Å². The highest BCUT2D eigenvalue weighted by Gasteiger charge is 2.08. The Balaban J connectivity index is 2.92. The Morgan fingerprint density at radius 1 is 1.54 bits per heavy atom. The molecule has 1 aromatic rings. The Kier molecular flexibility index (Phi) is 3.69. The van der Waals surface area contributed by atoms with Gasteiger partial charge in [0.1, 0.15) is 6.61 Å². The van der Waals surface area contributed by atoms with Gasteiger partial charge in [-0.25, -0.2) is 4.39 Å². The van der Waals surface area contributed by atoms with E-state index in [2.05, 4.69) is 15.9 Å². The van der Waals surface area contributed by atoms with E-state index in [1.807, 2.05) is 0 Å². The van der Waals surface area contributed by atoms with Crippen molar-refractivity contribution in [3.63, 3.8) is 0 Å². The lowest BCUT2D eigenvalue weighted by atomic mass is 10.2. The van der Waals surface area contributed by atoms with E-state index in [-0.39, 0.29) is 19.0 Å². The normalized spacial score (nSPS) is 10.2. The fourth-order valence-corrected chi connectivity index (χ4v) is 1.64. The van der Waals surface area contributed by atoms with Gasteiger partial charge in [0.15, 0.2) is 11.6 Å². The second kappa shape index (κ2) is 4.58. The Morgan fingerprint density at radius 2 is 2.23 bits per heavy atom. The van der Waals surface area contributed by atoms with Crippen LogP contribution < -0.4 is 4.74 Å². The van der Waals surface area contributed by atoms with Gasteiger partial charge in [0.05, 0.1) is 11.1 Å². The van der Waals surface area contributed by atoms with E-state index in [0.717, 1.165) is 5.56 Å². The van der Waals surface area contributed by atoms with E-state index < -0.39 is 5.82 Å². The minimum absolute atomic E-state index is 0.0958. The van der Waals surface area contributed by atoms with Crippen molar-refractivity contribution in [2.75, 3.05) is 13.2 Å². The summed E-state index contributed by atoms with van der Waals surface area (Å²) in [6.07, 6.45) is 0. The van der Waals surface area contributed by atoms with Crippen LogP contribution in [0.2, 0.25) is 0 Å². The van der Waals surface area contributed by atoms with Crippen molar-refractivity contribution in [2.24, 2.45) is 0 Å². The van der Waals surface area contributed by atoms with E-state index in [1.54, 1.807) is 13.0 Å². The molecule has 0 fully saturated rings. The predicted molar refractivity (Wildman–Crippen MR) is 51.4 cm³/mol. The van der Waals surface area contributed by atoms with Crippen molar-refractivity contribution < 1.29 is 14.2 Å². The lowest BCUT2D eigenvalue weighted by Crippen LogP contribution is -2.03. The van der Waals surface area contributed by atoms with Crippen molar-refractivity contribution in [3.8, 4) is 5.75 Å². The van der Waals surface area contributed by atoms with Gasteiger partial charge in [0.2, 0.25) is 0 Å². The zero-order chi connectivity index (χ0) is 9.84. The van der Waals surface area contributed by atoms with Crippen LogP contribution in [0.1, 0.15) is 5.56 Å². The largest absolute Gasteiger partial charge is 0.487 e. The van der Waals surface area contributed by atoms with E-state index in [1.165, 1.54) is 6.07 Å². The zero-order valence-electron chi connectivity index (χ0n) is 7.18. The molecule has 0 unspecified atom stereocenters. The van der Waals surface area contributed by atoms with E-state index in [9.17, 15) is 4.39 Å². The lowest BCUT2D eigenvalue weighted by molar-refractivity contribution is 0.195. The van der Waals surface area contributed by atoms with Gasteiger partial charge in [0.25, 0.3) is 0 Å². The first kappa shape index (κ1) is 10.5. The highest BCUT2D eigenvalue weighted by Crippen LogP contribution is 2.29. The molecule has 0 aliphatic heterocycles. The number of rotatable bonds is 3. The molecule has 1 aromatic carbocycles. The molecule has 0 aliphatic rings. The van der Waals surface area contributed by atoms with Crippen LogP contribution in [0, 0.1) is 12.7 Å². The van der Waals surface area contributed by atoms with Crippen LogP contribution in [-0.2, 0) is 0 Å². The standard InChI is InChI=1S/C9H10BrFO2/c1-6-4-7(10)9(8(11)5-6)13-3-2-12/h4-5,12H,2-3H2,1H3. The maximum Gasteiger partial charge on any atom is 0.169 e. The summed E-state index contributed by atoms with van der Waals surface area (Å²) in [7, 11) is 0. The van der Waals surface area contributed by atoms with Crippen LogP contribution in [0.3, 0.4) is 0 Å². The topological polar surface area (TPSA) is 29.5 Å². The number of ether oxygens (including phenoxy) is 1. The molecule has 72 valence electrons. The molecule has 4 heteroatoms. The average Bonchev–Trinajstić information content (AvgIpc) is 2.02. The van der Waals surface area contributed by atoms with Crippen molar-refractivity contribution >= 4 is 15.9 Å². The van der Waals surface area contributed by atoms with Crippen LogP contribution in [0.15, 0.2) is 16.6 Å². The summed E-state index contributed by atoms with van der Waals surface area (Å²) in [4.78, 5) is 0. The SMILES string of the molecule is Cc1cc(F)c(OCCO)c(Br)c1. The molecular formula is C9H10BrFO2. The third-order valence-electron chi connectivity index (χ3n) is 1.48. The van der Waals surface area contributed by atoms with Gasteiger partial charge >= 0.3 is 0 Å². The van der Waals surface area contributed by atoms with Gasteiger partial charge in [-0.05, 0) is 40.5 Å². The monoisotopic (exact) mass is 248 g/mol. The van der Waals surface area contributed by atoms with Crippen molar-refractivity contribution in [3.05, 3.63) is 28.0 Å². The first-order chi connectivity index (χ1) is 6.15. The highest BCUT2D eigenvalue weighted by atomic mass is 79.9. The molecule has 0 radical (unpaired) electrons. The minimum Gasteiger partial charge on any atom is -0.487 e. The molecule has 0 atom stereocenters. The summed E-state index contributed by atoms with van der Waals surface area (Å²) >= 11 is 3.18. The summed E-state index contributed by atoms with van der Waals surface area (Å²) < 4.78 is 18.8. The first-order valence-corrected chi connectivity index (χ1v) is 4.63. The maximum absolute atomic E-state index is 13.2. The molecular weight excluding hydrogens is 239 g/mol. The molecule has 0 bridgehead atoms. The number of benzene rings is 1. The van der Waals surface area contributed by atoms with E-state index >= 15 is 0 Å². The molecule has 0 heterocycles. The summed E-state index contributed by atoms with van der Waals surface area (Å²) in [5.41, 5.74) is 0.820. The molecule has 1 rings (SSSR count). The Bertz CT molecular complexity index is 279. The zero-order valence-corrected chi connectivity index (χ0v) is 8.77. The van der Waals surface area contributed by atoms with E-state index in [0.29, 0.717) is 4.47 Å². The minimum atomic E-state index is -0.416. The summed E-state index contributed by atoms with van der Waals surface area (Å²) in [5.74, 6) is -0.264. The number of aryl methyl sites for hydroxylation is 1. The number of hydrogen-bond acceptors (Lipinski definition) is 2. The van der Waals surface area contributed by atoms with Gasteiger partial charge < -0.3 is 9.84 Å². The number of aliphatic hydroxyl groups excluding tert-OH is 1. The van der Waals surface area contributed by atoms with Crippen molar-refractivity contribution in [1.29, 1.82) is 0 Å². The number of halogens is 2. The van der Waals surface area contributed by atoms with Crippen LogP contribution >= 0.6 is 15.9 Å². The van der Waals surface area contributed by atoms with Gasteiger partial charge in [-0.1, -0.05) is 0 Å². The smallest absolute Gasteiger partial charge is 0.169 e. The molecule has 0 spiro atoms. The molecule has 13 heavy (non-hydrogen) atoms. The Morgan fingerprint density at radius 3 is 2.77 bits per heavy atom. The fraction of sp³-hybridized carbons (Fsp3) is 0.333. The fourth-order valence-electron chi connectivity index (χ4n) is 0.972. The van der Waals surface area contributed by atoms with Crippen molar-refractivity contribution in [2.45, 2.75) is 6.92 Å². The molecule has 0 amide bonds. The predicted octanol–water partition coefficient (Wildman–Crippen LogP) is 2.27. The molecule has 0 aliphatic carbocycles. The second-order valence-electron chi connectivity index (χ2n) is 2.63. The van der Waals surface area contributed by atoms with Crippen molar-refractivity contribution in [1.82, 2.24) is 0 Å². The van der Waals surface area contributed by atoms with Gasteiger partial charge in [-0.15, -0.1) is 0 Å². The molecule has 0 aromatic heterocycles. The summed E-state index contributed by atoms with van der Waals surface area (Å²) in [5, 5.41) is 8.50. The Hall–Kier alpha value is -0.610. The van der Waals surface area contributed by atoms with Crippen LogP contribution in [0.4, 0.5) is 4.39 Å². The number of hydrogen-bond donors (Lipinski definition) is 1. The summed E-state index contributed by atoms with van der Waals surface area (Å²) in [6.45, 7) is 1.77. The number of aliphatic hydroxyl groups is 1. The molecule has 2 nitrogen and oxygen atoms in total. The third-order valence-corrected chi connectivity index (χ3v) is 2.07. The van der Waals surface area contributed by atoms with Gasteiger partial charge in [0, 0.05) is 0 Å². The Labute approximate surface area is 84.5 Å². The lowest BCUT2D eigenvalue weighted by Gasteiger charge is -2.08. The molecule has 0 saturated carbocycles. The first-order valence-electron chi connectivity index (χ1n) is 3.84. The second-order valence-corrected chi connectivity index (χ2v) is 3.48.